The summed E-state index contributed by atoms with van der Waals surface area (Å²) in [5.74, 6) is 0.512. The topological polar surface area (TPSA) is 79.8 Å². The Morgan fingerprint density at radius 3 is 2.68 bits per heavy atom. The van der Waals surface area contributed by atoms with Gasteiger partial charge in [-0.2, -0.15) is 0 Å². The summed E-state index contributed by atoms with van der Waals surface area (Å²) in [7, 11) is 1.59. The van der Waals surface area contributed by atoms with Gasteiger partial charge in [-0.05, 0) is 31.0 Å². The van der Waals surface area contributed by atoms with E-state index < -0.39 is 0 Å². The molecule has 7 heteroatoms. The standard InChI is InChI=1S/C15H23ClN2O4/c1-10(9-19)11(2)17-15(20)18-12-4-5-14(13(16)8-12)22-7-6-21-3/h4-5,8,10-11,19H,6-7,9H2,1-3H3,(H2,17,18,20). The molecule has 1 rings (SSSR count). The van der Waals surface area contributed by atoms with E-state index in [9.17, 15) is 4.79 Å². The Hall–Kier alpha value is -1.50. The number of ether oxygens (including phenoxy) is 2. The highest BCUT2D eigenvalue weighted by atomic mass is 35.5. The molecule has 3 N–H and O–H groups in total. The second-order valence-electron chi connectivity index (χ2n) is 5.03. The maximum atomic E-state index is 11.9. The molecule has 124 valence electrons. The number of halogens is 1. The molecule has 0 aliphatic rings. The maximum Gasteiger partial charge on any atom is 0.319 e. The molecular weight excluding hydrogens is 308 g/mol. The molecule has 2 unspecified atom stereocenters. The molecule has 0 saturated carbocycles. The first kappa shape index (κ1) is 18.5. The van der Waals surface area contributed by atoms with Gasteiger partial charge in [0.05, 0.1) is 11.6 Å². The first-order chi connectivity index (χ1) is 10.5. The number of hydrogen-bond acceptors (Lipinski definition) is 4. The summed E-state index contributed by atoms with van der Waals surface area (Å²) in [6, 6.07) is 4.51. The van der Waals surface area contributed by atoms with Gasteiger partial charge in [-0.3, -0.25) is 0 Å². The van der Waals surface area contributed by atoms with E-state index >= 15 is 0 Å². The highest BCUT2D eigenvalue weighted by Gasteiger charge is 2.14. The van der Waals surface area contributed by atoms with Crippen LogP contribution in [0.5, 0.6) is 5.75 Å². The SMILES string of the molecule is COCCOc1ccc(NC(=O)NC(C)C(C)CO)cc1Cl. The number of hydrogen-bond donors (Lipinski definition) is 3. The number of benzene rings is 1. The second-order valence-corrected chi connectivity index (χ2v) is 5.44. The molecule has 6 nitrogen and oxygen atoms in total. The lowest BCUT2D eigenvalue weighted by Gasteiger charge is -2.19. The molecular formula is C15H23ClN2O4. The predicted molar refractivity (Wildman–Crippen MR) is 86.7 cm³/mol. The monoisotopic (exact) mass is 330 g/mol. The second kappa shape index (κ2) is 9.50. The van der Waals surface area contributed by atoms with Crippen LogP contribution in [-0.2, 0) is 4.74 Å². The molecule has 0 radical (unpaired) electrons. The highest BCUT2D eigenvalue weighted by molar-refractivity contribution is 6.32. The molecule has 1 aromatic carbocycles. The predicted octanol–water partition coefficient (Wildman–Crippen LogP) is 2.50. The fraction of sp³-hybridized carbons (Fsp3) is 0.533. The van der Waals surface area contributed by atoms with Crippen molar-refractivity contribution in [2.45, 2.75) is 19.9 Å². The third kappa shape index (κ3) is 6.09. The summed E-state index contributed by atoms with van der Waals surface area (Å²) in [6.07, 6.45) is 0. The zero-order valence-corrected chi connectivity index (χ0v) is 13.8. The Kier molecular flexibility index (Phi) is 8.01. The van der Waals surface area contributed by atoms with Gasteiger partial charge in [0.1, 0.15) is 12.4 Å². The number of urea groups is 1. The summed E-state index contributed by atoms with van der Waals surface area (Å²) in [5, 5.41) is 14.9. The first-order valence-corrected chi connectivity index (χ1v) is 7.45. The molecule has 2 atom stereocenters. The summed E-state index contributed by atoms with van der Waals surface area (Å²) >= 11 is 6.10. The quantitative estimate of drug-likeness (QED) is 0.640. The Morgan fingerprint density at radius 2 is 2.09 bits per heavy atom. The summed E-state index contributed by atoms with van der Waals surface area (Å²) in [6.45, 7) is 4.58. The van der Waals surface area contributed by atoms with Crippen molar-refractivity contribution in [3.63, 3.8) is 0 Å². The number of nitrogens with one attached hydrogen (secondary N) is 2. The lowest BCUT2D eigenvalue weighted by molar-refractivity contribution is 0.146. The number of methoxy groups -OCH3 is 1. The van der Waals surface area contributed by atoms with Crippen molar-refractivity contribution in [3.8, 4) is 5.75 Å². The van der Waals surface area contributed by atoms with Crippen LogP contribution in [0.3, 0.4) is 0 Å². The average Bonchev–Trinajstić information content (AvgIpc) is 2.48. The molecule has 0 spiro atoms. The van der Waals surface area contributed by atoms with E-state index in [2.05, 4.69) is 10.6 Å². The number of anilines is 1. The van der Waals surface area contributed by atoms with E-state index in [4.69, 9.17) is 26.2 Å². The van der Waals surface area contributed by atoms with Crippen molar-refractivity contribution in [3.05, 3.63) is 23.2 Å². The molecule has 22 heavy (non-hydrogen) atoms. The van der Waals surface area contributed by atoms with Gasteiger partial charge in [0, 0.05) is 25.4 Å². The van der Waals surface area contributed by atoms with Gasteiger partial charge < -0.3 is 25.2 Å². The molecule has 0 aliphatic heterocycles. The number of carbonyl (C=O) groups is 1. The van der Waals surface area contributed by atoms with E-state index in [1.807, 2.05) is 13.8 Å². The zero-order valence-electron chi connectivity index (χ0n) is 13.1. The third-order valence-electron chi connectivity index (χ3n) is 3.24. The van der Waals surface area contributed by atoms with Crippen molar-refractivity contribution in [2.75, 3.05) is 32.2 Å². The van der Waals surface area contributed by atoms with Crippen molar-refractivity contribution in [1.82, 2.24) is 5.32 Å². The molecule has 0 aromatic heterocycles. The van der Waals surface area contributed by atoms with Crippen LogP contribution in [0.2, 0.25) is 5.02 Å². The fourth-order valence-corrected chi connectivity index (χ4v) is 1.84. The summed E-state index contributed by atoms with van der Waals surface area (Å²) in [5.41, 5.74) is 0.561. The minimum absolute atomic E-state index is 0.0147. The van der Waals surface area contributed by atoms with Crippen molar-refractivity contribution in [1.29, 1.82) is 0 Å². The Balaban J connectivity index is 2.55. The molecule has 0 saturated heterocycles. The Labute approximate surface area is 135 Å². The van der Waals surface area contributed by atoms with Gasteiger partial charge in [-0.15, -0.1) is 0 Å². The van der Waals surface area contributed by atoms with Crippen LogP contribution in [0, 0.1) is 5.92 Å². The average molecular weight is 331 g/mol. The molecule has 0 bridgehead atoms. The van der Waals surface area contributed by atoms with Crippen LogP contribution in [-0.4, -0.2) is 44.1 Å². The molecule has 2 amide bonds. The van der Waals surface area contributed by atoms with Crippen LogP contribution < -0.4 is 15.4 Å². The van der Waals surface area contributed by atoms with E-state index in [0.717, 1.165) is 0 Å². The van der Waals surface area contributed by atoms with Gasteiger partial charge in [0.25, 0.3) is 0 Å². The minimum atomic E-state index is -0.350. The van der Waals surface area contributed by atoms with E-state index in [1.54, 1.807) is 25.3 Å². The number of aliphatic hydroxyl groups excluding tert-OH is 1. The van der Waals surface area contributed by atoms with E-state index in [0.29, 0.717) is 29.7 Å². The largest absolute Gasteiger partial charge is 0.490 e. The van der Waals surface area contributed by atoms with Crippen LogP contribution in [0.1, 0.15) is 13.8 Å². The van der Waals surface area contributed by atoms with Crippen molar-refractivity contribution >= 4 is 23.3 Å². The van der Waals surface area contributed by atoms with Gasteiger partial charge in [0.15, 0.2) is 0 Å². The van der Waals surface area contributed by atoms with Gasteiger partial charge in [-0.25, -0.2) is 4.79 Å². The maximum absolute atomic E-state index is 11.9. The molecule has 1 aromatic rings. The van der Waals surface area contributed by atoms with Crippen LogP contribution in [0.25, 0.3) is 0 Å². The molecule has 0 aliphatic carbocycles. The number of rotatable bonds is 8. The number of carbonyl (C=O) groups excluding carboxylic acids is 1. The van der Waals surface area contributed by atoms with Crippen molar-refractivity contribution < 1.29 is 19.4 Å². The van der Waals surface area contributed by atoms with Crippen molar-refractivity contribution in [2.24, 2.45) is 5.92 Å². The smallest absolute Gasteiger partial charge is 0.319 e. The first-order valence-electron chi connectivity index (χ1n) is 7.07. The van der Waals surface area contributed by atoms with E-state index in [1.165, 1.54) is 0 Å². The fourth-order valence-electron chi connectivity index (χ4n) is 1.60. The number of amides is 2. The van der Waals surface area contributed by atoms with Gasteiger partial charge in [0.2, 0.25) is 0 Å². The summed E-state index contributed by atoms with van der Waals surface area (Å²) < 4.78 is 10.3. The van der Waals surface area contributed by atoms with Crippen LogP contribution in [0.4, 0.5) is 10.5 Å². The highest BCUT2D eigenvalue weighted by Crippen LogP contribution is 2.27. The Morgan fingerprint density at radius 1 is 1.36 bits per heavy atom. The summed E-state index contributed by atoms with van der Waals surface area (Å²) in [4.78, 5) is 11.9. The van der Waals surface area contributed by atoms with Gasteiger partial charge in [-0.1, -0.05) is 18.5 Å². The van der Waals surface area contributed by atoms with E-state index in [-0.39, 0.29) is 24.6 Å². The normalized spacial score (nSPS) is 13.3. The number of aliphatic hydroxyl groups is 1. The van der Waals surface area contributed by atoms with Crippen LogP contribution in [0.15, 0.2) is 18.2 Å². The van der Waals surface area contributed by atoms with Crippen LogP contribution >= 0.6 is 11.6 Å². The molecule has 0 fully saturated rings. The Bertz CT molecular complexity index is 485. The minimum Gasteiger partial charge on any atom is -0.490 e. The molecule has 0 heterocycles. The lowest BCUT2D eigenvalue weighted by atomic mass is 10.1. The third-order valence-corrected chi connectivity index (χ3v) is 3.53. The zero-order chi connectivity index (χ0) is 16.5. The lowest BCUT2D eigenvalue weighted by Crippen LogP contribution is -2.40. The van der Waals surface area contributed by atoms with Gasteiger partial charge >= 0.3 is 6.03 Å².